The molecule has 0 aliphatic carbocycles. The molecule has 7 heteroatoms. The Hall–Kier alpha value is -2.44. The lowest BCUT2D eigenvalue weighted by atomic mass is 9.96. The SMILES string of the molecule is CC(C)(C)CN(Cc1c[nH]c(-c2cccnc2F)c1F)C(=O)O. The van der Waals surface area contributed by atoms with Crippen LogP contribution in [0.25, 0.3) is 11.3 Å². The molecule has 2 rings (SSSR count). The summed E-state index contributed by atoms with van der Waals surface area (Å²) in [4.78, 5) is 18.6. The zero-order valence-corrected chi connectivity index (χ0v) is 13.2. The fourth-order valence-electron chi connectivity index (χ4n) is 2.30. The van der Waals surface area contributed by atoms with Crippen LogP contribution in [-0.4, -0.2) is 32.6 Å². The molecule has 0 aromatic carbocycles. The Morgan fingerprint density at radius 3 is 2.65 bits per heavy atom. The van der Waals surface area contributed by atoms with Gasteiger partial charge in [-0.2, -0.15) is 4.39 Å². The molecule has 23 heavy (non-hydrogen) atoms. The maximum Gasteiger partial charge on any atom is 0.407 e. The fraction of sp³-hybridized carbons (Fsp3) is 0.375. The number of pyridine rings is 1. The van der Waals surface area contributed by atoms with E-state index in [-0.39, 0.29) is 35.3 Å². The molecule has 0 bridgehead atoms. The van der Waals surface area contributed by atoms with Crippen molar-refractivity contribution in [1.29, 1.82) is 0 Å². The highest BCUT2D eigenvalue weighted by molar-refractivity contribution is 5.66. The molecular weight excluding hydrogens is 304 g/mol. The lowest BCUT2D eigenvalue weighted by Gasteiger charge is -2.27. The van der Waals surface area contributed by atoms with Crippen molar-refractivity contribution in [2.75, 3.05) is 6.54 Å². The molecule has 0 spiro atoms. The van der Waals surface area contributed by atoms with Crippen molar-refractivity contribution in [2.24, 2.45) is 5.41 Å². The highest BCUT2D eigenvalue weighted by atomic mass is 19.1. The molecular formula is C16H19F2N3O2. The first-order valence-electron chi connectivity index (χ1n) is 7.13. The molecule has 0 fully saturated rings. The zero-order valence-electron chi connectivity index (χ0n) is 13.2. The molecule has 2 aromatic heterocycles. The summed E-state index contributed by atoms with van der Waals surface area (Å²) in [6, 6.07) is 2.91. The Bertz CT molecular complexity index is 708. The molecule has 0 unspecified atom stereocenters. The minimum Gasteiger partial charge on any atom is -0.465 e. The van der Waals surface area contributed by atoms with Crippen molar-refractivity contribution in [3.63, 3.8) is 0 Å². The third kappa shape index (κ3) is 4.06. The predicted molar refractivity (Wildman–Crippen MR) is 81.8 cm³/mol. The maximum absolute atomic E-state index is 14.5. The predicted octanol–water partition coefficient (Wildman–Crippen LogP) is 3.88. The monoisotopic (exact) mass is 323 g/mol. The average Bonchev–Trinajstić information content (AvgIpc) is 2.78. The van der Waals surface area contributed by atoms with Gasteiger partial charge in [-0.25, -0.2) is 14.2 Å². The number of carbonyl (C=O) groups is 1. The number of H-pyrrole nitrogens is 1. The minimum absolute atomic E-state index is 0.00828. The van der Waals surface area contributed by atoms with E-state index >= 15 is 0 Å². The summed E-state index contributed by atoms with van der Waals surface area (Å²) in [5, 5.41) is 9.28. The summed E-state index contributed by atoms with van der Waals surface area (Å²) in [5.41, 5.74) is -0.126. The Kier molecular flexibility index (Phi) is 4.68. The van der Waals surface area contributed by atoms with E-state index in [1.165, 1.54) is 24.5 Å². The lowest BCUT2D eigenvalue weighted by Crippen LogP contribution is -2.36. The van der Waals surface area contributed by atoms with Crippen LogP contribution in [0.4, 0.5) is 13.6 Å². The van der Waals surface area contributed by atoms with E-state index in [0.717, 1.165) is 4.90 Å². The van der Waals surface area contributed by atoms with E-state index in [9.17, 15) is 18.7 Å². The van der Waals surface area contributed by atoms with Gasteiger partial charge < -0.3 is 15.0 Å². The molecule has 0 saturated heterocycles. The lowest BCUT2D eigenvalue weighted by molar-refractivity contribution is 0.122. The van der Waals surface area contributed by atoms with Crippen LogP contribution in [0.1, 0.15) is 26.3 Å². The van der Waals surface area contributed by atoms with Crippen LogP contribution in [0.15, 0.2) is 24.5 Å². The molecule has 5 nitrogen and oxygen atoms in total. The number of halogens is 2. The number of rotatable bonds is 4. The Balaban J connectivity index is 2.28. The quantitative estimate of drug-likeness (QED) is 0.839. The highest BCUT2D eigenvalue weighted by Crippen LogP contribution is 2.27. The number of aromatic nitrogens is 2. The van der Waals surface area contributed by atoms with Crippen molar-refractivity contribution < 1.29 is 18.7 Å². The van der Waals surface area contributed by atoms with Gasteiger partial charge in [0, 0.05) is 24.5 Å². The molecule has 0 aliphatic heterocycles. The van der Waals surface area contributed by atoms with Gasteiger partial charge in [-0.15, -0.1) is 0 Å². The Morgan fingerprint density at radius 2 is 2.09 bits per heavy atom. The van der Waals surface area contributed by atoms with Crippen LogP contribution >= 0.6 is 0 Å². The standard InChI is InChI=1S/C16H19F2N3O2/c1-16(2,3)9-21(15(22)23)8-10-7-20-13(12(10)17)11-5-4-6-19-14(11)18/h4-7,20H,8-9H2,1-3H3,(H,22,23). The third-order valence-electron chi connectivity index (χ3n) is 3.22. The molecule has 0 saturated carbocycles. The van der Waals surface area contributed by atoms with Crippen molar-refractivity contribution in [2.45, 2.75) is 27.3 Å². The fourth-order valence-corrected chi connectivity index (χ4v) is 2.30. The number of nitrogens with zero attached hydrogens (tertiary/aromatic N) is 2. The van der Waals surface area contributed by atoms with E-state index in [0.29, 0.717) is 0 Å². The van der Waals surface area contributed by atoms with Gasteiger partial charge >= 0.3 is 6.09 Å². The number of hydrogen-bond acceptors (Lipinski definition) is 2. The van der Waals surface area contributed by atoms with E-state index in [1.54, 1.807) is 0 Å². The Labute approximate surface area is 133 Å². The van der Waals surface area contributed by atoms with E-state index in [1.807, 2.05) is 20.8 Å². The Morgan fingerprint density at radius 1 is 1.39 bits per heavy atom. The topological polar surface area (TPSA) is 69.2 Å². The van der Waals surface area contributed by atoms with Crippen LogP contribution in [0.5, 0.6) is 0 Å². The zero-order chi connectivity index (χ0) is 17.2. The van der Waals surface area contributed by atoms with Gasteiger partial charge in [0.15, 0.2) is 5.82 Å². The van der Waals surface area contributed by atoms with Crippen LogP contribution in [0.3, 0.4) is 0 Å². The molecule has 0 radical (unpaired) electrons. The van der Waals surface area contributed by atoms with Gasteiger partial charge in [-0.1, -0.05) is 20.8 Å². The summed E-state index contributed by atoms with van der Waals surface area (Å²) >= 11 is 0. The first-order valence-corrected chi connectivity index (χ1v) is 7.13. The summed E-state index contributed by atoms with van der Waals surface area (Å²) in [6.07, 6.45) is 1.50. The maximum atomic E-state index is 14.5. The van der Waals surface area contributed by atoms with Crippen LogP contribution in [0.2, 0.25) is 0 Å². The van der Waals surface area contributed by atoms with Crippen molar-refractivity contribution >= 4 is 6.09 Å². The third-order valence-corrected chi connectivity index (χ3v) is 3.22. The summed E-state index contributed by atoms with van der Waals surface area (Å²) in [7, 11) is 0. The van der Waals surface area contributed by atoms with Gasteiger partial charge in [0.2, 0.25) is 5.95 Å². The largest absolute Gasteiger partial charge is 0.465 e. The van der Waals surface area contributed by atoms with Gasteiger partial charge in [0.1, 0.15) is 0 Å². The van der Waals surface area contributed by atoms with Crippen molar-refractivity contribution in [1.82, 2.24) is 14.9 Å². The van der Waals surface area contributed by atoms with E-state index in [4.69, 9.17) is 0 Å². The normalized spacial score (nSPS) is 11.5. The molecule has 0 atom stereocenters. The average molecular weight is 323 g/mol. The second kappa shape index (κ2) is 6.36. The number of amides is 1. The molecule has 2 aromatic rings. The number of carboxylic acid groups (broad SMARTS) is 1. The van der Waals surface area contributed by atoms with E-state index in [2.05, 4.69) is 9.97 Å². The van der Waals surface area contributed by atoms with Crippen LogP contribution in [0, 0.1) is 17.2 Å². The smallest absolute Gasteiger partial charge is 0.407 e. The van der Waals surface area contributed by atoms with Crippen LogP contribution < -0.4 is 0 Å². The molecule has 1 amide bonds. The molecule has 2 N–H and O–H groups in total. The number of nitrogens with one attached hydrogen (secondary N) is 1. The number of aromatic amines is 1. The van der Waals surface area contributed by atoms with Gasteiger partial charge in [0.05, 0.1) is 17.8 Å². The summed E-state index contributed by atoms with van der Waals surface area (Å²) < 4.78 is 28.2. The van der Waals surface area contributed by atoms with Crippen LogP contribution in [-0.2, 0) is 6.54 Å². The van der Waals surface area contributed by atoms with Gasteiger partial charge in [0.25, 0.3) is 0 Å². The highest BCUT2D eigenvalue weighted by Gasteiger charge is 2.24. The minimum atomic E-state index is -1.13. The van der Waals surface area contributed by atoms with E-state index < -0.39 is 17.9 Å². The molecule has 0 aliphatic rings. The van der Waals surface area contributed by atoms with Crippen molar-refractivity contribution in [3.8, 4) is 11.3 Å². The molecule has 2 heterocycles. The van der Waals surface area contributed by atoms with Gasteiger partial charge in [-0.05, 0) is 17.5 Å². The first kappa shape index (κ1) is 16.9. The summed E-state index contributed by atoms with van der Waals surface area (Å²) in [6.45, 7) is 5.83. The first-order chi connectivity index (χ1) is 10.7. The number of hydrogen-bond donors (Lipinski definition) is 2. The second-order valence-electron chi connectivity index (χ2n) is 6.54. The van der Waals surface area contributed by atoms with Crippen molar-refractivity contribution in [3.05, 3.63) is 41.9 Å². The summed E-state index contributed by atoms with van der Waals surface area (Å²) in [5.74, 6) is -1.46. The molecule has 124 valence electrons. The second-order valence-corrected chi connectivity index (χ2v) is 6.54. The van der Waals surface area contributed by atoms with Gasteiger partial charge in [-0.3, -0.25) is 0 Å².